The lowest BCUT2D eigenvalue weighted by molar-refractivity contribution is -0.147. The summed E-state index contributed by atoms with van der Waals surface area (Å²) < 4.78 is 0. The lowest BCUT2D eigenvalue weighted by atomic mass is 9.82. The molecule has 2 N–H and O–H groups in total. The van der Waals surface area contributed by atoms with E-state index in [9.17, 15) is 14.7 Å². The summed E-state index contributed by atoms with van der Waals surface area (Å²) in [5.74, 6) is -2.22. The zero-order valence-corrected chi connectivity index (χ0v) is 13.1. The highest BCUT2D eigenvalue weighted by molar-refractivity contribution is 6.42. The minimum atomic E-state index is -0.897. The van der Waals surface area contributed by atoms with E-state index in [4.69, 9.17) is 23.2 Å². The Morgan fingerprint density at radius 2 is 1.82 bits per heavy atom. The summed E-state index contributed by atoms with van der Waals surface area (Å²) in [5.41, 5.74) is 0.827. The van der Waals surface area contributed by atoms with Crippen molar-refractivity contribution in [2.75, 3.05) is 0 Å². The van der Waals surface area contributed by atoms with Gasteiger partial charge in [-0.15, -0.1) is 0 Å². The number of rotatable bonds is 4. The van der Waals surface area contributed by atoms with Crippen LogP contribution in [0.15, 0.2) is 30.4 Å². The van der Waals surface area contributed by atoms with Gasteiger partial charge in [-0.2, -0.15) is 0 Å². The number of carboxylic acids is 1. The van der Waals surface area contributed by atoms with Crippen molar-refractivity contribution in [1.29, 1.82) is 0 Å². The molecule has 1 fully saturated rings. The van der Waals surface area contributed by atoms with Crippen LogP contribution in [-0.4, -0.2) is 17.0 Å². The predicted molar refractivity (Wildman–Crippen MR) is 83.7 cm³/mol. The molecule has 2 aliphatic rings. The van der Waals surface area contributed by atoms with E-state index in [-0.39, 0.29) is 17.7 Å². The minimum Gasteiger partial charge on any atom is -0.481 e. The quantitative estimate of drug-likeness (QED) is 0.828. The third-order valence-electron chi connectivity index (χ3n) is 4.50. The summed E-state index contributed by atoms with van der Waals surface area (Å²) >= 11 is 11.8. The number of carbonyl (C=O) groups is 2. The van der Waals surface area contributed by atoms with Gasteiger partial charge in [0.15, 0.2) is 0 Å². The van der Waals surface area contributed by atoms with Crippen LogP contribution in [0, 0.1) is 23.7 Å². The number of amides is 1. The second kappa shape index (κ2) is 5.94. The van der Waals surface area contributed by atoms with Crippen LogP contribution in [0.25, 0.3) is 0 Å². The Labute approximate surface area is 138 Å². The molecule has 2 bridgehead atoms. The molecular weight excluding hydrogens is 325 g/mol. The van der Waals surface area contributed by atoms with Crippen molar-refractivity contribution in [3.05, 3.63) is 46.0 Å². The lowest BCUT2D eigenvalue weighted by Gasteiger charge is -2.23. The van der Waals surface area contributed by atoms with Crippen molar-refractivity contribution in [1.82, 2.24) is 5.32 Å². The van der Waals surface area contributed by atoms with Gasteiger partial charge in [-0.3, -0.25) is 9.59 Å². The Balaban J connectivity index is 1.68. The van der Waals surface area contributed by atoms with Gasteiger partial charge in [0.25, 0.3) is 0 Å². The molecule has 4 atom stereocenters. The Kier molecular flexibility index (Phi) is 4.15. The normalized spacial score (nSPS) is 28.8. The van der Waals surface area contributed by atoms with E-state index in [0.717, 1.165) is 12.0 Å². The average Bonchev–Trinajstić information content (AvgIpc) is 3.08. The first kappa shape index (κ1) is 15.4. The van der Waals surface area contributed by atoms with E-state index >= 15 is 0 Å². The zero-order valence-electron chi connectivity index (χ0n) is 11.6. The van der Waals surface area contributed by atoms with Gasteiger partial charge in [-0.25, -0.2) is 0 Å². The van der Waals surface area contributed by atoms with Crippen LogP contribution in [0.1, 0.15) is 12.0 Å². The molecule has 6 heteroatoms. The summed E-state index contributed by atoms with van der Waals surface area (Å²) in [6, 6.07) is 5.15. The van der Waals surface area contributed by atoms with Crippen LogP contribution >= 0.6 is 23.2 Å². The van der Waals surface area contributed by atoms with E-state index in [0.29, 0.717) is 16.6 Å². The van der Waals surface area contributed by atoms with Crippen molar-refractivity contribution in [3.8, 4) is 0 Å². The van der Waals surface area contributed by atoms with Crippen molar-refractivity contribution in [2.45, 2.75) is 13.0 Å². The van der Waals surface area contributed by atoms with Crippen LogP contribution in [0.3, 0.4) is 0 Å². The Bertz CT molecular complexity index is 659. The number of allylic oxidation sites excluding steroid dienone is 2. The summed E-state index contributed by atoms with van der Waals surface area (Å²) in [5, 5.41) is 13.1. The summed E-state index contributed by atoms with van der Waals surface area (Å²) in [7, 11) is 0. The number of nitrogens with one attached hydrogen (secondary N) is 1. The molecule has 1 amide bonds. The number of hydrogen-bond acceptors (Lipinski definition) is 2. The number of halogens is 2. The number of benzene rings is 1. The molecule has 0 aliphatic heterocycles. The molecule has 1 aromatic carbocycles. The molecule has 22 heavy (non-hydrogen) atoms. The van der Waals surface area contributed by atoms with E-state index in [2.05, 4.69) is 5.32 Å². The SMILES string of the molecule is O=C(NCc1ccc(Cl)c(Cl)c1)[C@@H]1[C@@H](C(=O)O)[C@H]2C=C[C@@H]1C2. The van der Waals surface area contributed by atoms with E-state index in [1.807, 2.05) is 12.2 Å². The first-order valence-electron chi connectivity index (χ1n) is 7.10. The lowest BCUT2D eigenvalue weighted by Crippen LogP contribution is -2.39. The van der Waals surface area contributed by atoms with Gasteiger partial charge in [-0.05, 0) is 36.0 Å². The van der Waals surface area contributed by atoms with Gasteiger partial charge in [0.2, 0.25) is 5.91 Å². The van der Waals surface area contributed by atoms with Crippen molar-refractivity contribution < 1.29 is 14.7 Å². The number of fused-ring (bicyclic) bond motifs is 2. The maximum Gasteiger partial charge on any atom is 0.307 e. The highest BCUT2D eigenvalue weighted by atomic mass is 35.5. The first-order valence-corrected chi connectivity index (χ1v) is 7.85. The van der Waals surface area contributed by atoms with E-state index in [1.165, 1.54) is 0 Å². The molecule has 1 saturated carbocycles. The third-order valence-corrected chi connectivity index (χ3v) is 5.24. The topological polar surface area (TPSA) is 66.4 Å². The Hall–Kier alpha value is -1.52. The zero-order chi connectivity index (χ0) is 15.9. The fraction of sp³-hybridized carbons (Fsp3) is 0.375. The largest absolute Gasteiger partial charge is 0.481 e. The van der Waals surface area contributed by atoms with Crippen molar-refractivity contribution in [2.24, 2.45) is 23.7 Å². The van der Waals surface area contributed by atoms with Gasteiger partial charge < -0.3 is 10.4 Å². The Morgan fingerprint density at radius 3 is 2.45 bits per heavy atom. The standard InChI is InChI=1S/C16H15Cl2NO3/c17-11-4-1-8(5-12(11)18)7-19-15(20)13-9-2-3-10(6-9)14(13)16(21)22/h1-5,9-10,13-14H,6-7H2,(H,19,20)(H,21,22)/t9-,10+,13+,14+/m1/s1. The molecule has 0 unspecified atom stereocenters. The number of aliphatic carboxylic acids is 1. The molecule has 116 valence electrons. The van der Waals surface area contributed by atoms with Gasteiger partial charge in [0.05, 0.1) is 21.9 Å². The van der Waals surface area contributed by atoms with Gasteiger partial charge in [0, 0.05) is 6.54 Å². The Morgan fingerprint density at radius 1 is 1.14 bits per heavy atom. The maximum absolute atomic E-state index is 12.4. The fourth-order valence-corrected chi connectivity index (χ4v) is 3.79. The summed E-state index contributed by atoms with van der Waals surface area (Å²) in [6.07, 6.45) is 4.64. The highest BCUT2D eigenvalue weighted by Gasteiger charge is 2.51. The minimum absolute atomic E-state index is 0.0248. The van der Waals surface area contributed by atoms with Crippen LogP contribution in [0.2, 0.25) is 10.0 Å². The third kappa shape index (κ3) is 2.73. The first-order chi connectivity index (χ1) is 10.5. The second-order valence-corrected chi connectivity index (χ2v) is 6.62. The molecule has 0 aromatic heterocycles. The van der Waals surface area contributed by atoms with Crippen LogP contribution < -0.4 is 5.32 Å². The summed E-state index contributed by atoms with van der Waals surface area (Å²) in [4.78, 5) is 23.8. The molecule has 1 aromatic rings. The van der Waals surface area contributed by atoms with E-state index < -0.39 is 17.8 Å². The van der Waals surface area contributed by atoms with Crippen LogP contribution in [-0.2, 0) is 16.1 Å². The molecular formula is C16H15Cl2NO3. The van der Waals surface area contributed by atoms with Gasteiger partial charge >= 0.3 is 5.97 Å². The molecule has 2 aliphatic carbocycles. The van der Waals surface area contributed by atoms with Crippen LogP contribution in [0.4, 0.5) is 0 Å². The predicted octanol–water partition coefficient (Wildman–Crippen LogP) is 3.13. The maximum atomic E-state index is 12.4. The smallest absolute Gasteiger partial charge is 0.307 e. The summed E-state index contributed by atoms with van der Waals surface area (Å²) in [6.45, 7) is 0.305. The average molecular weight is 340 g/mol. The molecule has 3 rings (SSSR count). The molecule has 4 nitrogen and oxygen atoms in total. The molecule has 0 heterocycles. The molecule has 0 saturated heterocycles. The van der Waals surface area contributed by atoms with E-state index in [1.54, 1.807) is 18.2 Å². The van der Waals surface area contributed by atoms with Gasteiger partial charge in [-0.1, -0.05) is 41.4 Å². The highest BCUT2D eigenvalue weighted by Crippen LogP contribution is 2.48. The number of hydrogen-bond donors (Lipinski definition) is 2. The number of carbonyl (C=O) groups excluding carboxylic acids is 1. The van der Waals surface area contributed by atoms with Crippen molar-refractivity contribution in [3.63, 3.8) is 0 Å². The second-order valence-electron chi connectivity index (χ2n) is 5.80. The monoisotopic (exact) mass is 339 g/mol. The fourth-order valence-electron chi connectivity index (χ4n) is 3.47. The molecule has 0 radical (unpaired) electrons. The van der Waals surface area contributed by atoms with Crippen LogP contribution in [0.5, 0.6) is 0 Å². The molecule has 0 spiro atoms. The van der Waals surface area contributed by atoms with Gasteiger partial charge in [0.1, 0.15) is 0 Å². The number of carboxylic acid groups (broad SMARTS) is 1. The van der Waals surface area contributed by atoms with Crippen molar-refractivity contribution >= 4 is 35.1 Å².